The smallest absolute Gasteiger partial charge is 0.139 e. The van der Waals surface area contributed by atoms with Crippen LogP contribution in [0.2, 0.25) is 0 Å². The lowest BCUT2D eigenvalue weighted by Gasteiger charge is -2.21. The summed E-state index contributed by atoms with van der Waals surface area (Å²) in [6, 6.07) is 0.415. The summed E-state index contributed by atoms with van der Waals surface area (Å²) in [7, 11) is 2.15. The molecule has 1 unspecified atom stereocenters. The molecule has 1 saturated heterocycles. The van der Waals surface area contributed by atoms with E-state index in [-0.39, 0.29) is 0 Å². The van der Waals surface area contributed by atoms with E-state index in [2.05, 4.69) is 21.7 Å². The Kier molecular flexibility index (Phi) is 4.27. The molecule has 3 heteroatoms. The molecule has 0 saturated carbocycles. The van der Waals surface area contributed by atoms with Gasteiger partial charge in [-0.1, -0.05) is 13.8 Å². The Labute approximate surface area is 82.4 Å². The third kappa shape index (κ3) is 2.99. The van der Waals surface area contributed by atoms with Gasteiger partial charge in [-0.05, 0) is 25.2 Å². The Balaban J connectivity index is 2.41. The van der Waals surface area contributed by atoms with Gasteiger partial charge >= 0.3 is 0 Å². The summed E-state index contributed by atoms with van der Waals surface area (Å²) in [4.78, 5) is 0. The van der Waals surface area contributed by atoms with Gasteiger partial charge in [-0.3, -0.25) is 0 Å². The predicted molar refractivity (Wildman–Crippen MR) is 56.6 cm³/mol. The number of hydrogen-bond acceptors (Lipinski definition) is 2. The molecule has 0 aromatic rings. The molecule has 1 rings (SSSR count). The van der Waals surface area contributed by atoms with Crippen LogP contribution in [0.4, 0.5) is 0 Å². The topological polar surface area (TPSA) is 18.5 Å². The van der Waals surface area contributed by atoms with Crippen molar-refractivity contribution in [3.63, 3.8) is 0 Å². The third-order valence-corrected chi connectivity index (χ3v) is 2.83. The number of ether oxygens (including phenoxy) is 2. The summed E-state index contributed by atoms with van der Waals surface area (Å²) >= 11 is 0. The fraction of sp³-hybridized carbons (Fsp3) is 1.00. The zero-order valence-corrected chi connectivity index (χ0v) is 9.25. The van der Waals surface area contributed by atoms with E-state index in [1.165, 1.54) is 6.42 Å². The quantitative estimate of drug-likeness (QED) is 0.608. The summed E-state index contributed by atoms with van der Waals surface area (Å²) in [5.74, 6) is 1.39. The van der Waals surface area contributed by atoms with E-state index in [0.29, 0.717) is 23.9 Å². The van der Waals surface area contributed by atoms with Gasteiger partial charge in [-0.15, -0.1) is 0 Å². The highest BCUT2D eigenvalue weighted by molar-refractivity contribution is 6.11. The molecule has 1 fully saturated rings. The normalized spacial score (nSPS) is 34.3. The summed E-state index contributed by atoms with van der Waals surface area (Å²) in [6.07, 6.45) is 1.52. The van der Waals surface area contributed by atoms with Crippen LogP contribution in [0.25, 0.3) is 0 Å². The lowest BCUT2D eigenvalue weighted by Crippen LogP contribution is -2.26. The molecule has 0 amide bonds. The van der Waals surface area contributed by atoms with Crippen molar-refractivity contribution in [3.8, 4) is 0 Å². The molecule has 0 radical (unpaired) electrons. The Bertz CT molecular complexity index is 150. The fourth-order valence-electron chi connectivity index (χ4n) is 2.09. The molecule has 1 heterocycles. The first kappa shape index (κ1) is 11.1. The number of hydrogen-bond donors (Lipinski definition) is 0. The van der Waals surface area contributed by atoms with Gasteiger partial charge < -0.3 is 9.47 Å². The highest BCUT2D eigenvalue weighted by Crippen LogP contribution is 2.31. The third-order valence-electron chi connectivity index (χ3n) is 2.83. The lowest BCUT2D eigenvalue weighted by atomic mass is 9.84. The first-order valence-corrected chi connectivity index (χ1v) is 5.38. The van der Waals surface area contributed by atoms with Gasteiger partial charge in [0, 0.05) is 12.6 Å². The van der Waals surface area contributed by atoms with E-state index in [0.717, 1.165) is 13.2 Å². The molecule has 0 spiro atoms. The lowest BCUT2D eigenvalue weighted by molar-refractivity contribution is -0.0100. The molecule has 1 aliphatic rings. The highest BCUT2D eigenvalue weighted by Gasteiger charge is 2.34. The van der Waals surface area contributed by atoms with Gasteiger partial charge in [0.1, 0.15) is 7.85 Å². The highest BCUT2D eigenvalue weighted by atomic mass is 16.5. The van der Waals surface area contributed by atoms with Crippen molar-refractivity contribution in [2.45, 2.75) is 39.3 Å². The predicted octanol–water partition coefficient (Wildman–Crippen LogP) is 1.04. The zero-order chi connectivity index (χ0) is 9.84. The Morgan fingerprint density at radius 3 is 2.77 bits per heavy atom. The first-order valence-electron chi connectivity index (χ1n) is 5.38. The first-order chi connectivity index (χ1) is 6.15. The minimum Gasteiger partial charge on any atom is -0.381 e. The second kappa shape index (κ2) is 5.01. The Morgan fingerprint density at radius 2 is 2.23 bits per heavy atom. The molecule has 0 N–H and O–H groups in total. The van der Waals surface area contributed by atoms with E-state index in [1.54, 1.807) is 0 Å². The molecule has 3 atom stereocenters. The molecule has 0 aromatic carbocycles. The minimum absolute atomic E-state index is 0.329. The van der Waals surface area contributed by atoms with E-state index in [1.807, 2.05) is 6.92 Å². The van der Waals surface area contributed by atoms with Crippen LogP contribution in [0.5, 0.6) is 0 Å². The van der Waals surface area contributed by atoms with Crippen LogP contribution >= 0.6 is 0 Å². The van der Waals surface area contributed by atoms with Crippen molar-refractivity contribution in [1.82, 2.24) is 0 Å². The summed E-state index contributed by atoms with van der Waals surface area (Å²) < 4.78 is 11.2. The van der Waals surface area contributed by atoms with Gasteiger partial charge in [-0.2, -0.15) is 0 Å². The maximum absolute atomic E-state index is 5.81. The van der Waals surface area contributed by atoms with Crippen molar-refractivity contribution in [3.05, 3.63) is 0 Å². The minimum atomic E-state index is 0.329. The molecule has 0 aliphatic carbocycles. The van der Waals surface area contributed by atoms with Crippen molar-refractivity contribution in [2.75, 3.05) is 13.2 Å². The molecule has 0 bridgehead atoms. The van der Waals surface area contributed by atoms with Crippen molar-refractivity contribution < 1.29 is 9.47 Å². The Hall–Kier alpha value is -0.0151. The van der Waals surface area contributed by atoms with Crippen LogP contribution in [0, 0.1) is 11.8 Å². The van der Waals surface area contributed by atoms with Crippen LogP contribution in [0.1, 0.15) is 27.2 Å². The second-order valence-corrected chi connectivity index (χ2v) is 4.29. The van der Waals surface area contributed by atoms with Crippen molar-refractivity contribution in [1.29, 1.82) is 0 Å². The monoisotopic (exact) mass is 184 g/mol. The van der Waals surface area contributed by atoms with E-state index in [4.69, 9.17) is 9.47 Å². The molecule has 76 valence electrons. The molecular weight excluding hydrogens is 163 g/mol. The average molecular weight is 184 g/mol. The van der Waals surface area contributed by atoms with E-state index < -0.39 is 0 Å². The summed E-state index contributed by atoms with van der Waals surface area (Å²) in [6.45, 7) is 8.13. The standard InChI is InChI=1S/C10H21BO2/c1-4-12-6-9-8(7(2)3)5-10(11)13-9/h7-10H,4-6,11H2,1-3H3/t8?,9-,10-/m1/s1. The van der Waals surface area contributed by atoms with Gasteiger partial charge in [0.25, 0.3) is 0 Å². The fourth-order valence-corrected chi connectivity index (χ4v) is 2.09. The van der Waals surface area contributed by atoms with Gasteiger partial charge in [0.15, 0.2) is 0 Å². The second-order valence-electron chi connectivity index (χ2n) is 4.29. The van der Waals surface area contributed by atoms with Crippen LogP contribution in [-0.2, 0) is 9.47 Å². The summed E-state index contributed by atoms with van der Waals surface area (Å²) in [5.41, 5.74) is 0. The molecule has 2 nitrogen and oxygen atoms in total. The molecule has 13 heavy (non-hydrogen) atoms. The Morgan fingerprint density at radius 1 is 1.54 bits per heavy atom. The maximum atomic E-state index is 5.81. The van der Waals surface area contributed by atoms with Gasteiger partial charge in [-0.25, -0.2) is 0 Å². The summed E-state index contributed by atoms with van der Waals surface area (Å²) in [5, 5.41) is 0. The zero-order valence-electron chi connectivity index (χ0n) is 9.25. The molecule has 0 aromatic heterocycles. The van der Waals surface area contributed by atoms with Crippen LogP contribution in [-0.4, -0.2) is 33.2 Å². The molecular formula is C10H21BO2. The number of rotatable bonds is 4. The van der Waals surface area contributed by atoms with Gasteiger partial charge in [0.2, 0.25) is 0 Å². The largest absolute Gasteiger partial charge is 0.381 e. The van der Waals surface area contributed by atoms with E-state index >= 15 is 0 Å². The van der Waals surface area contributed by atoms with Crippen molar-refractivity contribution in [2.24, 2.45) is 11.8 Å². The average Bonchev–Trinajstić information content (AvgIpc) is 2.43. The van der Waals surface area contributed by atoms with Crippen molar-refractivity contribution >= 4 is 7.85 Å². The maximum Gasteiger partial charge on any atom is 0.139 e. The van der Waals surface area contributed by atoms with Crippen LogP contribution < -0.4 is 0 Å². The van der Waals surface area contributed by atoms with Crippen LogP contribution in [0.3, 0.4) is 0 Å². The van der Waals surface area contributed by atoms with Gasteiger partial charge in [0.05, 0.1) is 12.7 Å². The van der Waals surface area contributed by atoms with Crippen LogP contribution in [0.15, 0.2) is 0 Å². The molecule has 1 aliphatic heterocycles. The SMILES string of the molecule is B[C@H]1CC(C(C)C)[C@@H](COCC)O1. The van der Waals surface area contributed by atoms with E-state index in [9.17, 15) is 0 Å².